The number of hydrogen-bond donors (Lipinski definition) is 2. The van der Waals surface area contributed by atoms with Gasteiger partial charge in [-0.2, -0.15) is 5.26 Å². The van der Waals surface area contributed by atoms with Crippen molar-refractivity contribution in [2.45, 2.75) is 50.4 Å². The van der Waals surface area contributed by atoms with Gasteiger partial charge in [-0.05, 0) is 31.4 Å². The molecule has 5 rings (SSSR count). The molecule has 1 fully saturated rings. The molecule has 14 heteroatoms. The molecule has 1 aliphatic rings. The monoisotopic (exact) mass is 570 g/mol. The van der Waals surface area contributed by atoms with Crippen LogP contribution in [-0.4, -0.2) is 42.2 Å². The number of carbonyl (C=O) groups is 2. The molecule has 1 saturated carbocycles. The minimum Gasteiger partial charge on any atom is -0.300 e. The average Bonchev–Trinajstić information content (AvgIpc) is 3.63. The Morgan fingerprint density at radius 2 is 1.50 bits per heavy atom. The molecule has 0 aromatic carbocycles. The molecule has 0 bridgehead atoms. The third kappa shape index (κ3) is 6.48. The second kappa shape index (κ2) is 12.5. The zero-order chi connectivity index (χ0) is 27.9. The summed E-state index contributed by atoms with van der Waals surface area (Å²) in [6.07, 6.45) is 6.76. The largest absolute Gasteiger partial charge is 0.300 e. The molecule has 12 nitrogen and oxygen atoms in total. The van der Waals surface area contributed by atoms with Gasteiger partial charge in [-0.1, -0.05) is 41.2 Å². The number of anilines is 2. The van der Waals surface area contributed by atoms with E-state index >= 15 is 0 Å². The van der Waals surface area contributed by atoms with E-state index in [1.165, 1.54) is 22.7 Å². The maximum Gasteiger partial charge on any atom is 0.232 e. The SMILES string of the molecule is [C-]#[N+]c1cccnc1CC(=O)Nc1nnc([C@@H]2CCC[C@@H](c3nnc(NC(=O)Cc4ncccc4C#N)s3)C2)s1. The van der Waals surface area contributed by atoms with E-state index in [2.05, 4.69) is 45.8 Å². The molecule has 40 heavy (non-hydrogen) atoms. The van der Waals surface area contributed by atoms with Crippen LogP contribution in [0.15, 0.2) is 36.7 Å². The number of nitrogens with one attached hydrogen (secondary N) is 2. The van der Waals surface area contributed by atoms with E-state index in [4.69, 9.17) is 6.57 Å². The molecule has 2 amide bonds. The zero-order valence-corrected chi connectivity index (χ0v) is 22.7. The van der Waals surface area contributed by atoms with Gasteiger partial charge in [-0.15, -0.1) is 20.4 Å². The van der Waals surface area contributed by atoms with E-state index in [1.54, 1.807) is 36.7 Å². The molecule has 1 aliphatic carbocycles. The summed E-state index contributed by atoms with van der Waals surface area (Å²) in [7, 11) is 0. The van der Waals surface area contributed by atoms with E-state index in [9.17, 15) is 14.9 Å². The van der Waals surface area contributed by atoms with Gasteiger partial charge in [-0.3, -0.25) is 19.6 Å². The van der Waals surface area contributed by atoms with Gasteiger partial charge in [0.25, 0.3) is 0 Å². The number of amides is 2. The van der Waals surface area contributed by atoms with Crippen LogP contribution in [0.5, 0.6) is 0 Å². The Morgan fingerprint density at radius 1 is 0.925 bits per heavy atom. The van der Waals surface area contributed by atoms with Crippen molar-refractivity contribution in [2.24, 2.45) is 0 Å². The summed E-state index contributed by atoms with van der Waals surface area (Å²) in [6.45, 7) is 7.23. The van der Waals surface area contributed by atoms with E-state index < -0.39 is 0 Å². The summed E-state index contributed by atoms with van der Waals surface area (Å²) in [5, 5.41) is 34.2. The van der Waals surface area contributed by atoms with Crippen LogP contribution in [-0.2, 0) is 22.4 Å². The van der Waals surface area contributed by atoms with Gasteiger partial charge in [0.2, 0.25) is 27.8 Å². The summed E-state index contributed by atoms with van der Waals surface area (Å²) in [4.78, 5) is 36.7. The lowest BCUT2D eigenvalue weighted by atomic mass is 9.82. The molecule has 0 aliphatic heterocycles. The van der Waals surface area contributed by atoms with E-state index in [0.717, 1.165) is 35.7 Å². The minimum absolute atomic E-state index is 0.0176. The Balaban J connectivity index is 1.17. The Hall–Kier alpha value is -4.66. The van der Waals surface area contributed by atoms with Gasteiger partial charge in [-0.25, -0.2) is 4.85 Å². The first kappa shape index (κ1) is 26.9. The van der Waals surface area contributed by atoms with Gasteiger partial charge in [0.15, 0.2) is 0 Å². The van der Waals surface area contributed by atoms with Crippen molar-refractivity contribution in [3.8, 4) is 6.07 Å². The minimum atomic E-state index is -0.309. The lowest BCUT2D eigenvalue weighted by Crippen LogP contribution is -2.15. The molecule has 0 unspecified atom stereocenters. The molecule has 2 N–H and O–H groups in total. The predicted octanol–water partition coefficient (Wildman–Crippen LogP) is 4.41. The van der Waals surface area contributed by atoms with Crippen molar-refractivity contribution in [3.05, 3.63) is 75.0 Å². The molecule has 0 spiro atoms. The van der Waals surface area contributed by atoms with Gasteiger partial charge >= 0.3 is 0 Å². The van der Waals surface area contributed by atoms with Crippen LogP contribution < -0.4 is 10.6 Å². The number of pyridine rings is 2. The second-order valence-corrected chi connectivity index (χ2v) is 11.1. The Kier molecular flexibility index (Phi) is 8.39. The molecule has 4 aromatic rings. The lowest BCUT2D eigenvalue weighted by Gasteiger charge is -2.25. The first-order chi connectivity index (χ1) is 19.5. The average molecular weight is 571 g/mol. The van der Waals surface area contributed by atoms with Crippen molar-refractivity contribution in [1.29, 1.82) is 5.26 Å². The molecule has 0 radical (unpaired) electrons. The number of rotatable bonds is 8. The topological polar surface area (TPSA) is 164 Å². The van der Waals surface area contributed by atoms with E-state index in [-0.39, 0.29) is 36.5 Å². The van der Waals surface area contributed by atoms with Crippen LogP contribution >= 0.6 is 22.7 Å². The molecule has 2 atom stereocenters. The van der Waals surface area contributed by atoms with Crippen LogP contribution in [0.25, 0.3) is 4.85 Å². The number of aromatic nitrogens is 6. The first-order valence-corrected chi connectivity index (χ1v) is 14.1. The maximum absolute atomic E-state index is 12.5. The highest BCUT2D eigenvalue weighted by Crippen LogP contribution is 2.43. The number of hydrogen-bond acceptors (Lipinski definition) is 11. The van der Waals surface area contributed by atoms with E-state index in [1.807, 2.05) is 6.07 Å². The fourth-order valence-corrected chi connectivity index (χ4v) is 6.33. The van der Waals surface area contributed by atoms with Crippen molar-refractivity contribution in [2.75, 3.05) is 10.6 Å². The highest BCUT2D eigenvalue weighted by atomic mass is 32.1. The highest BCUT2D eigenvalue weighted by molar-refractivity contribution is 7.15. The zero-order valence-electron chi connectivity index (χ0n) is 21.1. The van der Waals surface area contributed by atoms with Crippen molar-refractivity contribution >= 4 is 50.4 Å². The van der Waals surface area contributed by atoms with Crippen LogP contribution in [0.3, 0.4) is 0 Å². The van der Waals surface area contributed by atoms with Gasteiger partial charge in [0.05, 0.1) is 36.4 Å². The Bertz CT molecular complexity index is 1500. The number of carbonyl (C=O) groups excluding carboxylic acids is 2. The van der Waals surface area contributed by atoms with Crippen molar-refractivity contribution in [3.63, 3.8) is 0 Å². The van der Waals surface area contributed by atoms with Crippen LogP contribution in [0.2, 0.25) is 0 Å². The lowest BCUT2D eigenvalue weighted by molar-refractivity contribution is -0.116. The summed E-state index contributed by atoms with van der Waals surface area (Å²) in [6, 6.07) is 8.62. The third-order valence-corrected chi connectivity index (χ3v) is 8.40. The molecular weight excluding hydrogens is 548 g/mol. The first-order valence-electron chi connectivity index (χ1n) is 12.4. The van der Waals surface area contributed by atoms with Crippen LogP contribution in [0.1, 0.15) is 64.5 Å². The summed E-state index contributed by atoms with van der Waals surface area (Å²) < 4.78 is 0. The quantitative estimate of drug-likeness (QED) is 0.292. The third-order valence-electron chi connectivity index (χ3n) is 6.40. The standard InChI is InChI=1S/C26H22N10O2S2/c1-28-18-8-4-10-30-20(18)13-22(38)32-26-36-34-24(40-26)16-6-2-5-15(11-16)23-33-35-25(39-23)31-21(37)12-19-17(14-27)7-3-9-29-19/h3-4,7-10,15-16H,2,5-6,11-13H2,(H,31,35,37)(H,32,36,38)/t15-,16-/m1/s1. The highest BCUT2D eigenvalue weighted by Gasteiger charge is 2.29. The molecule has 200 valence electrons. The van der Waals surface area contributed by atoms with Gasteiger partial charge < -0.3 is 10.6 Å². The molecule has 0 saturated heterocycles. The Labute approximate surface area is 237 Å². The van der Waals surface area contributed by atoms with Gasteiger partial charge in [0.1, 0.15) is 16.1 Å². The summed E-state index contributed by atoms with van der Waals surface area (Å²) >= 11 is 2.70. The number of nitrogens with zero attached hydrogens (tertiary/aromatic N) is 8. The fourth-order valence-electron chi connectivity index (χ4n) is 4.52. The van der Waals surface area contributed by atoms with Crippen LogP contribution in [0.4, 0.5) is 16.0 Å². The fraction of sp³-hybridized carbons (Fsp3) is 0.308. The second-order valence-electron chi connectivity index (χ2n) is 9.09. The van der Waals surface area contributed by atoms with Crippen molar-refractivity contribution < 1.29 is 9.59 Å². The Morgan fingerprint density at radius 3 is 2.10 bits per heavy atom. The van der Waals surface area contributed by atoms with Crippen molar-refractivity contribution in [1.82, 2.24) is 30.4 Å². The summed E-state index contributed by atoms with van der Waals surface area (Å²) in [5.74, 6) is -0.276. The molecule has 4 heterocycles. The smallest absolute Gasteiger partial charge is 0.232 e. The molecule has 4 aromatic heterocycles. The normalized spacial score (nSPS) is 16.4. The van der Waals surface area contributed by atoms with Crippen LogP contribution in [0, 0.1) is 17.9 Å². The predicted molar refractivity (Wildman–Crippen MR) is 148 cm³/mol. The molecular formula is C26H22N10O2S2. The number of nitriles is 1. The maximum atomic E-state index is 12.5. The van der Waals surface area contributed by atoms with Gasteiger partial charge in [0, 0.05) is 24.2 Å². The summed E-state index contributed by atoms with van der Waals surface area (Å²) in [5.41, 5.74) is 1.56. The van der Waals surface area contributed by atoms with E-state index in [0.29, 0.717) is 32.9 Å².